The summed E-state index contributed by atoms with van der Waals surface area (Å²) in [7, 11) is 0. The highest BCUT2D eigenvalue weighted by molar-refractivity contribution is 5.79. The Balaban J connectivity index is 2.21. The minimum Gasteiger partial charge on any atom is -0.368 e. The zero-order valence-electron chi connectivity index (χ0n) is 10.5. The second kappa shape index (κ2) is 7.66. The Bertz CT molecular complexity index is 200. The number of nitrogens with one attached hydrogen (secondary N) is 1. The molecule has 1 atom stereocenters. The minimum atomic E-state index is -0.177. The van der Waals surface area contributed by atoms with E-state index in [0.717, 1.165) is 12.8 Å². The summed E-state index contributed by atoms with van der Waals surface area (Å²) in [5.41, 5.74) is 5.43. The maximum atomic E-state index is 11.3. The van der Waals surface area contributed by atoms with Crippen molar-refractivity contribution in [1.82, 2.24) is 5.32 Å². The molecule has 0 aromatic rings. The number of carbonyl (C=O) groups is 1. The number of carbonyl (C=O) groups excluding carboxylic acids is 1. The molecule has 0 aliphatic heterocycles. The predicted molar refractivity (Wildman–Crippen MR) is 67.1 cm³/mol. The van der Waals surface area contributed by atoms with Crippen LogP contribution in [0.25, 0.3) is 0 Å². The second-order valence-corrected chi connectivity index (χ2v) is 4.95. The second-order valence-electron chi connectivity index (χ2n) is 4.95. The van der Waals surface area contributed by atoms with Gasteiger partial charge in [-0.25, -0.2) is 0 Å². The van der Waals surface area contributed by atoms with E-state index in [4.69, 9.17) is 5.73 Å². The van der Waals surface area contributed by atoms with Crippen LogP contribution in [0.1, 0.15) is 64.7 Å². The Morgan fingerprint density at radius 1 is 1.31 bits per heavy atom. The van der Waals surface area contributed by atoms with Crippen LogP contribution in [0.3, 0.4) is 0 Å². The summed E-state index contributed by atoms with van der Waals surface area (Å²) < 4.78 is 0. The fourth-order valence-corrected chi connectivity index (χ4v) is 2.46. The molecule has 0 heterocycles. The molecular formula is C13H26N2O. The van der Waals surface area contributed by atoms with Crippen molar-refractivity contribution in [3.05, 3.63) is 0 Å². The average Bonchev–Trinajstić information content (AvgIpc) is 2.75. The van der Waals surface area contributed by atoms with Gasteiger partial charge in [-0.15, -0.1) is 0 Å². The third-order valence-corrected chi connectivity index (χ3v) is 3.48. The van der Waals surface area contributed by atoms with Crippen molar-refractivity contribution in [2.45, 2.75) is 76.8 Å². The first-order chi connectivity index (χ1) is 7.74. The lowest BCUT2D eigenvalue weighted by Crippen LogP contribution is -2.45. The number of rotatable bonds is 8. The monoisotopic (exact) mass is 226 g/mol. The summed E-state index contributed by atoms with van der Waals surface area (Å²) in [5, 5.41) is 3.42. The van der Waals surface area contributed by atoms with E-state index in [1.165, 1.54) is 44.9 Å². The van der Waals surface area contributed by atoms with Crippen LogP contribution in [0.2, 0.25) is 0 Å². The van der Waals surface area contributed by atoms with E-state index in [0.29, 0.717) is 6.04 Å². The van der Waals surface area contributed by atoms with Crippen molar-refractivity contribution in [2.75, 3.05) is 0 Å². The van der Waals surface area contributed by atoms with Gasteiger partial charge in [0, 0.05) is 6.04 Å². The van der Waals surface area contributed by atoms with Crippen LogP contribution in [0.5, 0.6) is 0 Å². The normalized spacial score (nSPS) is 18.8. The molecule has 0 radical (unpaired) electrons. The van der Waals surface area contributed by atoms with Gasteiger partial charge in [-0.3, -0.25) is 4.79 Å². The average molecular weight is 226 g/mol. The van der Waals surface area contributed by atoms with E-state index in [1.807, 2.05) is 0 Å². The molecule has 1 amide bonds. The fraction of sp³-hybridized carbons (Fsp3) is 0.923. The number of amides is 1. The standard InChI is InChI=1S/C13H26N2O/c1-2-3-4-5-10-12(13(14)16)15-11-8-6-7-9-11/h11-12,15H,2-10H2,1H3,(H2,14,16). The Kier molecular flexibility index (Phi) is 6.46. The maximum absolute atomic E-state index is 11.3. The zero-order chi connectivity index (χ0) is 11.8. The summed E-state index contributed by atoms with van der Waals surface area (Å²) in [4.78, 5) is 11.3. The van der Waals surface area contributed by atoms with Crippen molar-refractivity contribution in [2.24, 2.45) is 5.73 Å². The first kappa shape index (κ1) is 13.5. The highest BCUT2D eigenvalue weighted by Crippen LogP contribution is 2.19. The van der Waals surface area contributed by atoms with Gasteiger partial charge < -0.3 is 11.1 Å². The maximum Gasteiger partial charge on any atom is 0.234 e. The van der Waals surface area contributed by atoms with E-state index in [-0.39, 0.29) is 11.9 Å². The third-order valence-electron chi connectivity index (χ3n) is 3.48. The number of hydrogen-bond acceptors (Lipinski definition) is 2. The lowest BCUT2D eigenvalue weighted by molar-refractivity contribution is -0.120. The molecular weight excluding hydrogens is 200 g/mol. The van der Waals surface area contributed by atoms with E-state index in [9.17, 15) is 4.79 Å². The summed E-state index contributed by atoms with van der Waals surface area (Å²) in [6, 6.07) is 0.434. The molecule has 1 aliphatic rings. The highest BCUT2D eigenvalue weighted by atomic mass is 16.1. The van der Waals surface area contributed by atoms with Gasteiger partial charge in [0.15, 0.2) is 0 Å². The molecule has 16 heavy (non-hydrogen) atoms. The van der Waals surface area contributed by atoms with Crippen molar-refractivity contribution < 1.29 is 4.79 Å². The Hall–Kier alpha value is -0.570. The predicted octanol–water partition coefficient (Wildman–Crippen LogP) is 2.34. The molecule has 3 heteroatoms. The van der Waals surface area contributed by atoms with Crippen LogP contribution < -0.4 is 11.1 Å². The van der Waals surface area contributed by atoms with Gasteiger partial charge in [0.05, 0.1) is 6.04 Å². The van der Waals surface area contributed by atoms with Crippen LogP contribution in [-0.4, -0.2) is 18.0 Å². The van der Waals surface area contributed by atoms with Gasteiger partial charge in [-0.2, -0.15) is 0 Å². The summed E-state index contributed by atoms with van der Waals surface area (Å²) in [6.45, 7) is 2.20. The first-order valence-electron chi connectivity index (χ1n) is 6.79. The van der Waals surface area contributed by atoms with Crippen molar-refractivity contribution in [3.63, 3.8) is 0 Å². The van der Waals surface area contributed by atoms with Gasteiger partial charge in [0.1, 0.15) is 0 Å². The van der Waals surface area contributed by atoms with Crippen LogP contribution in [0, 0.1) is 0 Å². The molecule has 1 rings (SSSR count). The molecule has 3 N–H and O–H groups in total. The number of unbranched alkanes of at least 4 members (excludes halogenated alkanes) is 3. The fourth-order valence-electron chi connectivity index (χ4n) is 2.46. The molecule has 0 spiro atoms. The Labute approximate surface area is 99.2 Å². The van der Waals surface area contributed by atoms with Gasteiger partial charge >= 0.3 is 0 Å². The summed E-state index contributed by atoms with van der Waals surface area (Å²) >= 11 is 0. The summed E-state index contributed by atoms with van der Waals surface area (Å²) in [6.07, 6.45) is 10.7. The van der Waals surface area contributed by atoms with E-state index in [1.54, 1.807) is 0 Å². The molecule has 0 bridgehead atoms. The van der Waals surface area contributed by atoms with Crippen LogP contribution in [0.15, 0.2) is 0 Å². The van der Waals surface area contributed by atoms with E-state index < -0.39 is 0 Å². The largest absolute Gasteiger partial charge is 0.368 e. The molecule has 1 saturated carbocycles. The summed E-state index contributed by atoms with van der Waals surface area (Å²) in [5.74, 6) is -0.177. The van der Waals surface area contributed by atoms with E-state index in [2.05, 4.69) is 12.2 Å². The topological polar surface area (TPSA) is 55.1 Å². The molecule has 1 aliphatic carbocycles. The van der Waals surface area contributed by atoms with Gasteiger partial charge in [-0.05, 0) is 19.3 Å². The quantitative estimate of drug-likeness (QED) is 0.624. The van der Waals surface area contributed by atoms with Gasteiger partial charge in [0.2, 0.25) is 5.91 Å². The Morgan fingerprint density at radius 2 is 2.00 bits per heavy atom. The number of primary amides is 1. The lowest BCUT2D eigenvalue weighted by atomic mass is 10.1. The van der Waals surface area contributed by atoms with Crippen molar-refractivity contribution in [1.29, 1.82) is 0 Å². The van der Waals surface area contributed by atoms with Crippen LogP contribution >= 0.6 is 0 Å². The lowest BCUT2D eigenvalue weighted by Gasteiger charge is -2.20. The first-order valence-corrected chi connectivity index (χ1v) is 6.79. The molecule has 3 nitrogen and oxygen atoms in total. The molecule has 94 valence electrons. The highest BCUT2D eigenvalue weighted by Gasteiger charge is 2.21. The smallest absolute Gasteiger partial charge is 0.234 e. The molecule has 0 aromatic carbocycles. The third kappa shape index (κ3) is 4.97. The zero-order valence-corrected chi connectivity index (χ0v) is 10.5. The van der Waals surface area contributed by atoms with Crippen LogP contribution in [-0.2, 0) is 4.79 Å². The SMILES string of the molecule is CCCCCCC(NC1CCCC1)C(N)=O. The molecule has 1 fully saturated rings. The van der Waals surface area contributed by atoms with Gasteiger partial charge in [-0.1, -0.05) is 45.4 Å². The number of hydrogen-bond donors (Lipinski definition) is 2. The Morgan fingerprint density at radius 3 is 2.56 bits per heavy atom. The van der Waals surface area contributed by atoms with Crippen molar-refractivity contribution >= 4 is 5.91 Å². The molecule has 1 unspecified atom stereocenters. The molecule has 0 saturated heterocycles. The van der Waals surface area contributed by atoms with Gasteiger partial charge in [0.25, 0.3) is 0 Å². The van der Waals surface area contributed by atoms with E-state index >= 15 is 0 Å². The minimum absolute atomic E-state index is 0.0973. The molecule has 0 aromatic heterocycles. The van der Waals surface area contributed by atoms with Crippen molar-refractivity contribution in [3.8, 4) is 0 Å². The number of nitrogens with two attached hydrogens (primary N) is 1. The van der Waals surface area contributed by atoms with Crippen LogP contribution in [0.4, 0.5) is 0 Å².